The Balaban J connectivity index is 1.35. The summed E-state index contributed by atoms with van der Waals surface area (Å²) in [6.45, 7) is 5.20. The first-order valence-electron chi connectivity index (χ1n) is 12.1. The minimum atomic E-state index is 0.0654. The molecule has 1 saturated carbocycles. The van der Waals surface area contributed by atoms with Crippen molar-refractivity contribution < 1.29 is 9.59 Å². The predicted octanol–water partition coefficient (Wildman–Crippen LogP) is 4.84. The number of para-hydroxylation sites is 1. The number of piperazine rings is 1. The highest BCUT2D eigenvalue weighted by atomic mass is 32.2. The molecule has 1 saturated heterocycles. The van der Waals surface area contributed by atoms with Crippen molar-refractivity contribution in [1.82, 2.24) is 9.80 Å². The maximum absolute atomic E-state index is 13.4. The van der Waals surface area contributed by atoms with Crippen molar-refractivity contribution in [2.45, 2.75) is 50.0 Å². The number of rotatable bonds is 6. The lowest BCUT2D eigenvalue weighted by Gasteiger charge is -2.37. The summed E-state index contributed by atoms with van der Waals surface area (Å²) < 4.78 is 0. The van der Waals surface area contributed by atoms with Gasteiger partial charge in [-0.1, -0.05) is 49.6 Å². The van der Waals surface area contributed by atoms with Gasteiger partial charge >= 0.3 is 0 Å². The van der Waals surface area contributed by atoms with Gasteiger partial charge in [-0.3, -0.25) is 9.59 Å². The highest BCUT2D eigenvalue weighted by molar-refractivity contribution is 8.00. The van der Waals surface area contributed by atoms with E-state index in [1.54, 1.807) is 0 Å². The van der Waals surface area contributed by atoms with Crippen LogP contribution >= 0.6 is 11.8 Å². The Hall–Kier alpha value is -2.47. The third kappa shape index (κ3) is 5.72. The number of nitrogens with zero attached hydrogens (tertiary/aromatic N) is 3. The van der Waals surface area contributed by atoms with E-state index < -0.39 is 0 Å². The van der Waals surface area contributed by atoms with Crippen LogP contribution in [0.25, 0.3) is 0 Å². The lowest BCUT2D eigenvalue weighted by atomic mass is 9.94. The third-order valence-electron chi connectivity index (χ3n) is 7.01. The second-order valence-corrected chi connectivity index (χ2v) is 10.2. The molecule has 1 heterocycles. The minimum Gasteiger partial charge on any atom is -0.368 e. The largest absolute Gasteiger partial charge is 0.368 e. The van der Waals surface area contributed by atoms with Gasteiger partial charge in [-0.2, -0.15) is 0 Å². The highest BCUT2D eigenvalue weighted by Gasteiger charge is 2.26. The molecule has 0 spiro atoms. The Kier molecular flexibility index (Phi) is 7.97. The van der Waals surface area contributed by atoms with Crippen LogP contribution in [0.2, 0.25) is 0 Å². The van der Waals surface area contributed by atoms with E-state index in [1.165, 1.54) is 42.3 Å². The molecule has 2 aromatic rings. The number of carbonyl (C=O) groups is 2. The molecule has 0 aromatic heterocycles. The van der Waals surface area contributed by atoms with Crippen molar-refractivity contribution in [3.05, 3.63) is 59.7 Å². The van der Waals surface area contributed by atoms with Crippen LogP contribution in [0.15, 0.2) is 53.4 Å². The number of hydrogen-bond acceptors (Lipinski definition) is 4. The van der Waals surface area contributed by atoms with Gasteiger partial charge in [0, 0.05) is 49.9 Å². The van der Waals surface area contributed by atoms with Crippen LogP contribution in [-0.4, -0.2) is 66.6 Å². The second kappa shape index (κ2) is 11.1. The first-order valence-corrected chi connectivity index (χ1v) is 13.1. The predicted molar refractivity (Wildman–Crippen MR) is 136 cm³/mol. The first kappa shape index (κ1) is 23.7. The number of anilines is 1. The fraction of sp³-hybridized carbons (Fsp3) is 0.481. The van der Waals surface area contributed by atoms with Gasteiger partial charge in [-0.15, -0.1) is 11.8 Å². The van der Waals surface area contributed by atoms with Crippen molar-refractivity contribution >= 4 is 29.3 Å². The number of aryl methyl sites for hydroxylation is 1. The second-order valence-electron chi connectivity index (χ2n) is 9.15. The number of benzene rings is 2. The van der Waals surface area contributed by atoms with Crippen molar-refractivity contribution in [3.8, 4) is 0 Å². The molecule has 0 radical (unpaired) electrons. The molecule has 2 fully saturated rings. The smallest absolute Gasteiger partial charge is 0.255 e. The quantitative estimate of drug-likeness (QED) is 0.573. The van der Waals surface area contributed by atoms with Crippen molar-refractivity contribution in [2.75, 3.05) is 43.9 Å². The fourth-order valence-electron chi connectivity index (χ4n) is 4.92. The lowest BCUT2D eigenvalue weighted by Crippen LogP contribution is -2.49. The zero-order chi connectivity index (χ0) is 23.2. The monoisotopic (exact) mass is 465 g/mol. The number of hydrogen-bond donors (Lipinski definition) is 0. The van der Waals surface area contributed by atoms with E-state index in [9.17, 15) is 9.59 Å². The Morgan fingerprint density at radius 2 is 1.61 bits per heavy atom. The van der Waals surface area contributed by atoms with Crippen LogP contribution in [0.3, 0.4) is 0 Å². The van der Waals surface area contributed by atoms with E-state index in [2.05, 4.69) is 36.1 Å². The molecule has 1 aliphatic carbocycles. The molecule has 176 valence electrons. The van der Waals surface area contributed by atoms with E-state index in [0.29, 0.717) is 30.4 Å². The Labute approximate surface area is 202 Å². The summed E-state index contributed by atoms with van der Waals surface area (Å²) in [6, 6.07) is 16.5. The summed E-state index contributed by atoms with van der Waals surface area (Å²) in [4.78, 5) is 33.3. The van der Waals surface area contributed by atoms with Gasteiger partial charge in [-0.25, -0.2) is 0 Å². The van der Waals surface area contributed by atoms with Crippen LogP contribution < -0.4 is 4.90 Å². The summed E-state index contributed by atoms with van der Waals surface area (Å²) in [7, 11) is 1.93. The summed E-state index contributed by atoms with van der Waals surface area (Å²) in [5.41, 5.74) is 3.22. The Morgan fingerprint density at radius 1 is 0.939 bits per heavy atom. The molecular weight excluding hydrogens is 430 g/mol. The van der Waals surface area contributed by atoms with Gasteiger partial charge in [0.25, 0.3) is 5.91 Å². The molecule has 33 heavy (non-hydrogen) atoms. The minimum absolute atomic E-state index is 0.0654. The number of amides is 2. The Bertz CT molecular complexity index is 965. The van der Waals surface area contributed by atoms with Gasteiger partial charge in [0.15, 0.2) is 0 Å². The standard InChI is InChI=1S/C27H35N3O2S/c1-21-10-6-8-14-24(21)29-16-18-30(19-17-29)27(32)23-13-7-9-15-25(23)33-20-26(31)28(2)22-11-4-3-5-12-22/h6-10,13-15,22H,3-5,11-12,16-20H2,1-2H3. The Morgan fingerprint density at radius 3 is 2.33 bits per heavy atom. The zero-order valence-corrected chi connectivity index (χ0v) is 20.7. The molecule has 0 N–H and O–H groups in total. The molecule has 0 bridgehead atoms. The van der Waals surface area contributed by atoms with Crippen LogP contribution in [0.1, 0.15) is 48.0 Å². The molecule has 6 heteroatoms. The molecular formula is C27H35N3O2S. The van der Waals surface area contributed by atoms with Crippen molar-refractivity contribution in [3.63, 3.8) is 0 Å². The van der Waals surface area contributed by atoms with Gasteiger partial charge < -0.3 is 14.7 Å². The summed E-state index contributed by atoms with van der Waals surface area (Å²) in [5.74, 6) is 0.592. The molecule has 1 aliphatic heterocycles. The van der Waals surface area contributed by atoms with Crippen LogP contribution in [0, 0.1) is 6.92 Å². The lowest BCUT2D eigenvalue weighted by molar-refractivity contribution is -0.129. The summed E-state index contributed by atoms with van der Waals surface area (Å²) in [6.07, 6.45) is 5.92. The number of thioether (sulfide) groups is 1. The van der Waals surface area contributed by atoms with Gasteiger partial charge in [-0.05, 0) is 43.5 Å². The highest BCUT2D eigenvalue weighted by Crippen LogP contribution is 2.27. The SMILES string of the molecule is Cc1ccccc1N1CCN(C(=O)c2ccccc2SCC(=O)N(C)C2CCCCC2)CC1. The van der Waals surface area contributed by atoms with Crippen LogP contribution in [-0.2, 0) is 4.79 Å². The van der Waals surface area contributed by atoms with E-state index in [0.717, 1.165) is 30.8 Å². The number of carbonyl (C=O) groups excluding carboxylic acids is 2. The van der Waals surface area contributed by atoms with Gasteiger partial charge in [0.1, 0.15) is 0 Å². The van der Waals surface area contributed by atoms with E-state index in [4.69, 9.17) is 0 Å². The molecule has 0 unspecified atom stereocenters. The average Bonchev–Trinajstić information content (AvgIpc) is 2.87. The van der Waals surface area contributed by atoms with Gasteiger partial charge in [0.2, 0.25) is 5.91 Å². The molecule has 2 aromatic carbocycles. The maximum atomic E-state index is 13.4. The third-order valence-corrected chi connectivity index (χ3v) is 8.07. The fourth-order valence-corrected chi connectivity index (χ4v) is 5.89. The van der Waals surface area contributed by atoms with E-state index in [-0.39, 0.29) is 11.8 Å². The topological polar surface area (TPSA) is 43.9 Å². The van der Waals surface area contributed by atoms with E-state index >= 15 is 0 Å². The van der Waals surface area contributed by atoms with E-state index in [1.807, 2.05) is 41.1 Å². The maximum Gasteiger partial charge on any atom is 0.255 e. The average molecular weight is 466 g/mol. The molecule has 2 amide bonds. The van der Waals surface area contributed by atoms with Crippen LogP contribution in [0.4, 0.5) is 5.69 Å². The summed E-state index contributed by atoms with van der Waals surface area (Å²) in [5, 5.41) is 0. The molecule has 4 rings (SSSR count). The van der Waals surface area contributed by atoms with Gasteiger partial charge in [0.05, 0.1) is 11.3 Å². The molecule has 0 atom stereocenters. The molecule has 5 nitrogen and oxygen atoms in total. The van der Waals surface area contributed by atoms with Crippen molar-refractivity contribution in [1.29, 1.82) is 0 Å². The molecule has 2 aliphatic rings. The van der Waals surface area contributed by atoms with Crippen molar-refractivity contribution in [2.24, 2.45) is 0 Å². The zero-order valence-electron chi connectivity index (χ0n) is 19.8. The van der Waals surface area contributed by atoms with Crippen LogP contribution in [0.5, 0.6) is 0 Å². The first-order chi connectivity index (χ1) is 16.0. The normalized spacial score (nSPS) is 17.2. The summed E-state index contributed by atoms with van der Waals surface area (Å²) >= 11 is 1.49.